The Morgan fingerprint density at radius 3 is 2.52 bits per heavy atom. The Kier molecular flexibility index (Phi) is 4.71. The summed E-state index contributed by atoms with van der Waals surface area (Å²) in [6.45, 7) is 0.562. The van der Waals surface area contributed by atoms with E-state index in [1.165, 1.54) is 9.13 Å². The molecule has 0 atom stereocenters. The quantitative estimate of drug-likeness (QED) is 0.661. The summed E-state index contributed by atoms with van der Waals surface area (Å²) in [6.07, 6.45) is 0.592. The Morgan fingerprint density at radius 2 is 1.84 bits per heavy atom. The van der Waals surface area contributed by atoms with Gasteiger partial charge in [-0.25, -0.2) is 4.79 Å². The molecule has 8 heteroatoms. The summed E-state index contributed by atoms with van der Waals surface area (Å²) < 4.78 is 4.24. The summed E-state index contributed by atoms with van der Waals surface area (Å²) in [5.41, 5.74) is 0.998. The van der Waals surface area contributed by atoms with Gasteiger partial charge in [0.1, 0.15) is 0 Å². The van der Waals surface area contributed by atoms with E-state index in [0.29, 0.717) is 36.6 Å². The molecule has 0 spiro atoms. The van der Waals surface area contributed by atoms with E-state index in [2.05, 4.69) is 10.3 Å². The molecule has 3 aromatic rings. The second-order valence-corrected chi connectivity index (χ2v) is 5.85. The zero-order chi connectivity index (χ0) is 18.0. The van der Waals surface area contributed by atoms with E-state index >= 15 is 0 Å². The molecule has 0 amide bonds. The van der Waals surface area contributed by atoms with Gasteiger partial charge in [-0.15, -0.1) is 0 Å². The molecule has 8 nitrogen and oxygen atoms in total. The number of nitrogens with zero attached hydrogens (tertiary/aromatic N) is 4. The molecular formula is C17H21N5O3. The highest BCUT2D eigenvalue weighted by Crippen LogP contribution is 2.13. The number of fused-ring (bicyclic) bond motifs is 1. The van der Waals surface area contributed by atoms with Crippen molar-refractivity contribution < 1.29 is 5.11 Å². The summed E-state index contributed by atoms with van der Waals surface area (Å²) >= 11 is 0. The first-order chi connectivity index (χ1) is 12.0. The normalized spacial score (nSPS) is 11.2. The number of aliphatic hydroxyl groups is 1. The number of rotatable bonds is 6. The molecule has 2 aromatic heterocycles. The van der Waals surface area contributed by atoms with Crippen LogP contribution in [0.1, 0.15) is 5.56 Å². The van der Waals surface area contributed by atoms with Gasteiger partial charge in [-0.2, -0.15) is 4.98 Å². The van der Waals surface area contributed by atoms with Crippen molar-refractivity contribution >= 4 is 17.1 Å². The van der Waals surface area contributed by atoms with Crippen molar-refractivity contribution in [2.45, 2.75) is 13.0 Å². The zero-order valence-electron chi connectivity index (χ0n) is 14.3. The van der Waals surface area contributed by atoms with Gasteiger partial charge < -0.3 is 15.0 Å². The SMILES string of the molecule is Cn1c(NCCO)nc2c1c(=O)n(CCc1ccccc1)c(=O)n2C. The fraction of sp³-hybridized carbons (Fsp3) is 0.353. The van der Waals surface area contributed by atoms with Crippen molar-refractivity contribution in [3.8, 4) is 0 Å². The Bertz CT molecular complexity index is 1000. The molecule has 3 rings (SSSR count). The van der Waals surface area contributed by atoms with Crippen LogP contribution in [0.5, 0.6) is 0 Å². The van der Waals surface area contributed by atoms with Crippen LogP contribution in [0.2, 0.25) is 0 Å². The molecule has 0 aliphatic carbocycles. The fourth-order valence-corrected chi connectivity index (χ4v) is 2.85. The van der Waals surface area contributed by atoms with Gasteiger partial charge in [-0.3, -0.25) is 13.9 Å². The lowest BCUT2D eigenvalue weighted by Crippen LogP contribution is -2.40. The molecule has 1 aromatic carbocycles. The lowest BCUT2D eigenvalue weighted by Gasteiger charge is -2.08. The molecule has 0 unspecified atom stereocenters. The minimum absolute atomic E-state index is 0.0521. The van der Waals surface area contributed by atoms with Crippen molar-refractivity contribution in [1.82, 2.24) is 18.7 Å². The number of hydrogen-bond acceptors (Lipinski definition) is 5. The molecule has 0 fully saturated rings. The summed E-state index contributed by atoms with van der Waals surface area (Å²) in [7, 11) is 3.31. The Balaban J connectivity index is 2.06. The summed E-state index contributed by atoms with van der Waals surface area (Å²) in [4.78, 5) is 29.7. The van der Waals surface area contributed by atoms with Crippen LogP contribution in [0, 0.1) is 0 Å². The summed E-state index contributed by atoms with van der Waals surface area (Å²) in [6, 6.07) is 9.72. The standard InChI is InChI=1S/C17H21N5O3/c1-20-13-14(19-16(20)18-9-11-23)21(2)17(25)22(15(13)24)10-8-12-6-4-3-5-7-12/h3-7,23H,8-11H2,1-2H3,(H,18,19). The first-order valence-electron chi connectivity index (χ1n) is 8.09. The van der Waals surface area contributed by atoms with Crippen molar-refractivity contribution in [3.05, 3.63) is 56.7 Å². The van der Waals surface area contributed by atoms with Crippen LogP contribution in [-0.4, -0.2) is 36.9 Å². The van der Waals surface area contributed by atoms with Gasteiger partial charge in [0, 0.05) is 27.2 Å². The maximum atomic E-state index is 12.8. The first-order valence-corrected chi connectivity index (χ1v) is 8.09. The topological polar surface area (TPSA) is 94.1 Å². The highest BCUT2D eigenvalue weighted by atomic mass is 16.3. The van der Waals surface area contributed by atoms with E-state index in [-0.39, 0.29) is 17.9 Å². The minimum atomic E-state index is -0.389. The van der Waals surface area contributed by atoms with Crippen molar-refractivity contribution in [1.29, 1.82) is 0 Å². The van der Waals surface area contributed by atoms with Crippen molar-refractivity contribution in [2.24, 2.45) is 14.1 Å². The molecule has 2 N–H and O–H groups in total. The Hall–Kier alpha value is -2.87. The smallest absolute Gasteiger partial charge is 0.332 e. The second-order valence-electron chi connectivity index (χ2n) is 5.85. The molecular weight excluding hydrogens is 322 g/mol. The maximum Gasteiger partial charge on any atom is 0.332 e. The lowest BCUT2D eigenvalue weighted by molar-refractivity contribution is 0.310. The highest BCUT2D eigenvalue weighted by molar-refractivity contribution is 5.74. The zero-order valence-corrected chi connectivity index (χ0v) is 14.3. The largest absolute Gasteiger partial charge is 0.395 e. The van der Waals surface area contributed by atoms with Crippen LogP contribution in [0.15, 0.2) is 39.9 Å². The number of nitrogens with one attached hydrogen (secondary N) is 1. The molecule has 0 bridgehead atoms. The van der Waals surface area contributed by atoms with Gasteiger partial charge in [-0.05, 0) is 12.0 Å². The van der Waals surface area contributed by atoms with E-state index in [4.69, 9.17) is 5.11 Å². The van der Waals surface area contributed by atoms with Crippen LogP contribution >= 0.6 is 0 Å². The van der Waals surface area contributed by atoms with E-state index in [0.717, 1.165) is 5.56 Å². The van der Waals surface area contributed by atoms with Gasteiger partial charge in [-0.1, -0.05) is 30.3 Å². The summed E-state index contributed by atoms with van der Waals surface area (Å²) in [5.74, 6) is 0.442. The molecule has 25 heavy (non-hydrogen) atoms. The number of aromatic nitrogens is 4. The maximum absolute atomic E-state index is 12.8. The molecule has 2 heterocycles. The predicted octanol–water partition coefficient (Wildman–Crippen LogP) is 0.0806. The molecule has 0 saturated heterocycles. The van der Waals surface area contributed by atoms with Crippen LogP contribution in [0.4, 0.5) is 5.95 Å². The third-order valence-corrected chi connectivity index (χ3v) is 4.22. The number of imidazole rings is 1. The van der Waals surface area contributed by atoms with E-state index < -0.39 is 0 Å². The van der Waals surface area contributed by atoms with E-state index in [1.807, 2.05) is 30.3 Å². The number of anilines is 1. The van der Waals surface area contributed by atoms with Gasteiger partial charge in [0.2, 0.25) is 5.95 Å². The monoisotopic (exact) mass is 343 g/mol. The average Bonchev–Trinajstić information content (AvgIpc) is 2.95. The molecule has 0 saturated carbocycles. The molecule has 0 aliphatic heterocycles. The van der Waals surface area contributed by atoms with Gasteiger partial charge >= 0.3 is 5.69 Å². The molecule has 132 valence electrons. The first kappa shape index (κ1) is 17.0. The number of hydrogen-bond donors (Lipinski definition) is 2. The van der Waals surface area contributed by atoms with Gasteiger partial charge in [0.05, 0.1) is 6.61 Å². The number of aliphatic hydroxyl groups excluding tert-OH is 1. The van der Waals surface area contributed by atoms with E-state index in [9.17, 15) is 9.59 Å². The lowest BCUT2D eigenvalue weighted by atomic mass is 10.1. The third-order valence-electron chi connectivity index (χ3n) is 4.22. The average molecular weight is 343 g/mol. The fourth-order valence-electron chi connectivity index (χ4n) is 2.85. The van der Waals surface area contributed by atoms with Crippen molar-refractivity contribution in [2.75, 3.05) is 18.5 Å². The summed E-state index contributed by atoms with van der Waals surface area (Å²) in [5, 5.41) is 11.9. The number of benzene rings is 1. The second kappa shape index (κ2) is 6.94. The predicted molar refractivity (Wildman–Crippen MR) is 95.9 cm³/mol. The van der Waals surface area contributed by atoms with Crippen molar-refractivity contribution in [3.63, 3.8) is 0 Å². The van der Waals surface area contributed by atoms with Crippen LogP contribution in [-0.2, 0) is 27.1 Å². The minimum Gasteiger partial charge on any atom is -0.395 e. The van der Waals surface area contributed by atoms with Crippen LogP contribution < -0.4 is 16.6 Å². The Labute approximate surface area is 144 Å². The highest BCUT2D eigenvalue weighted by Gasteiger charge is 2.18. The van der Waals surface area contributed by atoms with Crippen LogP contribution in [0.25, 0.3) is 11.2 Å². The molecule has 0 aliphatic rings. The molecule has 0 radical (unpaired) electrons. The van der Waals surface area contributed by atoms with E-state index in [1.54, 1.807) is 18.7 Å². The Morgan fingerprint density at radius 1 is 1.12 bits per heavy atom. The number of aryl methyl sites for hydroxylation is 3. The van der Waals surface area contributed by atoms with Gasteiger partial charge in [0.25, 0.3) is 5.56 Å². The van der Waals surface area contributed by atoms with Crippen LogP contribution in [0.3, 0.4) is 0 Å². The third kappa shape index (κ3) is 3.08. The van der Waals surface area contributed by atoms with Gasteiger partial charge in [0.15, 0.2) is 11.2 Å².